The lowest BCUT2D eigenvalue weighted by Crippen LogP contribution is -2.22. The molecular formula is C21H17N3O6S. The third-order valence-electron chi connectivity index (χ3n) is 4.17. The molecule has 1 heterocycles. The number of carbonyl (C=O) groups excluding carboxylic acids is 3. The van der Waals surface area contributed by atoms with Gasteiger partial charge < -0.3 is 15.4 Å². The van der Waals surface area contributed by atoms with E-state index in [1.54, 1.807) is 42.6 Å². The Kier molecular flexibility index (Phi) is 6.73. The molecule has 1 aromatic heterocycles. The average molecular weight is 439 g/mol. The molecule has 0 fully saturated rings. The lowest BCUT2D eigenvalue weighted by Gasteiger charge is -2.10. The van der Waals surface area contributed by atoms with E-state index in [2.05, 4.69) is 10.6 Å². The van der Waals surface area contributed by atoms with E-state index >= 15 is 0 Å². The van der Waals surface area contributed by atoms with E-state index in [4.69, 9.17) is 4.74 Å². The number of hydrogen-bond acceptors (Lipinski definition) is 7. The highest BCUT2D eigenvalue weighted by Gasteiger charge is 2.19. The van der Waals surface area contributed by atoms with Crippen LogP contribution in [0.15, 0.2) is 60.0 Å². The molecule has 0 unspecified atom stereocenters. The van der Waals surface area contributed by atoms with Crippen LogP contribution in [0.4, 0.5) is 17.1 Å². The molecule has 9 nitrogen and oxygen atoms in total. The van der Waals surface area contributed by atoms with Crippen LogP contribution in [-0.4, -0.2) is 29.3 Å². The zero-order valence-corrected chi connectivity index (χ0v) is 17.1. The maximum absolute atomic E-state index is 12.2. The van der Waals surface area contributed by atoms with E-state index in [-0.39, 0.29) is 22.8 Å². The number of nitro benzene ring substituents is 1. The molecule has 158 valence electrons. The van der Waals surface area contributed by atoms with Crippen molar-refractivity contribution in [2.24, 2.45) is 0 Å². The molecule has 0 saturated heterocycles. The summed E-state index contributed by atoms with van der Waals surface area (Å²) in [6, 6.07) is 13.9. The molecule has 0 aliphatic heterocycles. The fourth-order valence-electron chi connectivity index (χ4n) is 2.65. The summed E-state index contributed by atoms with van der Waals surface area (Å²) >= 11 is 1.31. The SMILES string of the molecule is Cc1cccc([N+](=O)[O-])c1NC(=O)COC(=O)c1ccc(NC(=O)c2cccs2)cc1. The number of rotatable bonds is 7. The number of nitrogens with zero attached hydrogens (tertiary/aromatic N) is 1. The van der Waals surface area contributed by atoms with Crippen LogP contribution >= 0.6 is 11.3 Å². The number of hydrogen-bond donors (Lipinski definition) is 2. The van der Waals surface area contributed by atoms with Crippen LogP contribution in [0.5, 0.6) is 0 Å². The lowest BCUT2D eigenvalue weighted by molar-refractivity contribution is -0.384. The number of esters is 1. The predicted octanol–water partition coefficient (Wildman–Crippen LogP) is 4.01. The molecule has 0 bridgehead atoms. The van der Waals surface area contributed by atoms with Gasteiger partial charge in [0.25, 0.3) is 17.5 Å². The number of thiophene rings is 1. The summed E-state index contributed by atoms with van der Waals surface area (Å²) in [5, 5.41) is 18.0. The molecule has 0 radical (unpaired) electrons. The Morgan fingerprint density at radius 1 is 1.03 bits per heavy atom. The molecule has 3 aromatic rings. The van der Waals surface area contributed by atoms with Gasteiger partial charge in [-0.2, -0.15) is 0 Å². The largest absolute Gasteiger partial charge is 0.452 e. The molecule has 10 heteroatoms. The second-order valence-electron chi connectivity index (χ2n) is 6.36. The second-order valence-corrected chi connectivity index (χ2v) is 7.31. The Labute approximate surface area is 180 Å². The van der Waals surface area contributed by atoms with E-state index in [1.165, 1.54) is 35.6 Å². The molecule has 0 aliphatic rings. The fourth-order valence-corrected chi connectivity index (χ4v) is 3.27. The molecule has 0 spiro atoms. The predicted molar refractivity (Wildman–Crippen MR) is 115 cm³/mol. The number of para-hydroxylation sites is 1. The maximum Gasteiger partial charge on any atom is 0.338 e. The maximum atomic E-state index is 12.2. The first-order valence-corrected chi connectivity index (χ1v) is 9.89. The Hall–Kier alpha value is -4.05. The monoisotopic (exact) mass is 439 g/mol. The van der Waals surface area contributed by atoms with Crippen LogP contribution in [0.1, 0.15) is 25.6 Å². The van der Waals surface area contributed by atoms with E-state index in [0.29, 0.717) is 16.1 Å². The van der Waals surface area contributed by atoms with Gasteiger partial charge in [0.2, 0.25) is 0 Å². The molecule has 2 N–H and O–H groups in total. The minimum absolute atomic E-state index is 0.0550. The van der Waals surface area contributed by atoms with Gasteiger partial charge in [-0.15, -0.1) is 11.3 Å². The third-order valence-corrected chi connectivity index (χ3v) is 5.04. The smallest absolute Gasteiger partial charge is 0.338 e. The zero-order chi connectivity index (χ0) is 22.4. The van der Waals surface area contributed by atoms with Crippen molar-refractivity contribution in [2.45, 2.75) is 6.92 Å². The molecule has 2 aromatic carbocycles. The van der Waals surface area contributed by atoms with Crippen LogP contribution in [0.25, 0.3) is 0 Å². The highest BCUT2D eigenvalue weighted by molar-refractivity contribution is 7.12. The van der Waals surface area contributed by atoms with Crippen LogP contribution in [0, 0.1) is 17.0 Å². The van der Waals surface area contributed by atoms with Gasteiger partial charge in [-0.05, 0) is 48.2 Å². The van der Waals surface area contributed by atoms with Crippen LogP contribution < -0.4 is 10.6 Å². The van der Waals surface area contributed by atoms with Gasteiger partial charge in [0, 0.05) is 11.8 Å². The van der Waals surface area contributed by atoms with Crippen molar-refractivity contribution in [3.63, 3.8) is 0 Å². The first kappa shape index (κ1) is 21.7. The highest BCUT2D eigenvalue weighted by atomic mass is 32.1. The number of nitro groups is 1. The van der Waals surface area contributed by atoms with E-state index < -0.39 is 23.4 Å². The molecule has 3 rings (SSSR count). The van der Waals surface area contributed by atoms with Gasteiger partial charge in [-0.3, -0.25) is 19.7 Å². The average Bonchev–Trinajstić information content (AvgIpc) is 3.29. The minimum atomic E-state index is -0.745. The first-order chi connectivity index (χ1) is 14.8. The lowest BCUT2D eigenvalue weighted by atomic mass is 10.1. The van der Waals surface area contributed by atoms with Gasteiger partial charge in [0.15, 0.2) is 6.61 Å². The number of anilines is 2. The number of amides is 2. The summed E-state index contributed by atoms with van der Waals surface area (Å²) in [4.78, 5) is 47.4. The zero-order valence-electron chi connectivity index (χ0n) is 16.3. The van der Waals surface area contributed by atoms with Crippen molar-refractivity contribution in [2.75, 3.05) is 17.2 Å². The van der Waals surface area contributed by atoms with Crippen molar-refractivity contribution in [1.82, 2.24) is 0 Å². The van der Waals surface area contributed by atoms with Crippen LogP contribution in [0.3, 0.4) is 0 Å². The van der Waals surface area contributed by atoms with Crippen molar-refractivity contribution in [3.05, 3.63) is 86.1 Å². The standard InChI is InChI=1S/C21H17N3O6S/c1-13-4-2-5-16(24(28)29)19(13)23-18(25)12-30-21(27)14-7-9-15(10-8-14)22-20(26)17-6-3-11-31-17/h2-11H,12H2,1H3,(H,22,26)(H,23,25). The molecule has 2 amide bonds. The fraction of sp³-hybridized carbons (Fsp3) is 0.0952. The van der Waals surface area contributed by atoms with Crippen molar-refractivity contribution in [1.29, 1.82) is 0 Å². The normalized spacial score (nSPS) is 10.2. The number of carbonyl (C=O) groups is 3. The van der Waals surface area contributed by atoms with Gasteiger partial charge in [0.1, 0.15) is 5.69 Å². The van der Waals surface area contributed by atoms with Crippen molar-refractivity contribution >= 4 is 46.2 Å². The van der Waals surface area contributed by atoms with Crippen molar-refractivity contribution in [3.8, 4) is 0 Å². The molecule has 31 heavy (non-hydrogen) atoms. The summed E-state index contributed by atoms with van der Waals surface area (Å²) < 4.78 is 4.98. The minimum Gasteiger partial charge on any atom is -0.452 e. The van der Waals surface area contributed by atoms with E-state index in [1.807, 2.05) is 0 Å². The quantitative estimate of drug-likeness (QED) is 0.325. The number of nitrogens with one attached hydrogen (secondary N) is 2. The Balaban J connectivity index is 1.55. The summed E-state index contributed by atoms with van der Waals surface area (Å²) in [6.45, 7) is 1.01. The topological polar surface area (TPSA) is 128 Å². The van der Waals surface area contributed by atoms with Gasteiger partial charge in [-0.1, -0.05) is 18.2 Å². The number of ether oxygens (including phenoxy) is 1. The third kappa shape index (κ3) is 5.52. The second kappa shape index (κ2) is 9.63. The molecule has 0 aliphatic carbocycles. The van der Waals surface area contributed by atoms with Crippen LogP contribution in [-0.2, 0) is 9.53 Å². The Morgan fingerprint density at radius 3 is 2.42 bits per heavy atom. The van der Waals surface area contributed by atoms with Gasteiger partial charge >= 0.3 is 5.97 Å². The number of aryl methyl sites for hydroxylation is 1. The Bertz CT molecular complexity index is 1130. The van der Waals surface area contributed by atoms with E-state index in [0.717, 1.165) is 0 Å². The van der Waals surface area contributed by atoms with Gasteiger partial charge in [0.05, 0.1) is 15.4 Å². The first-order valence-electron chi connectivity index (χ1n) is 9.01. The summed E-state index contributed by atoms with van der Waals surface area (Å²) in [5.41, 5.74) is 0.997. The Morgan fingerprint density at radius 2 is 1.77 bits per heavy atom. The molecule has 0 atom stereocenters. The molecular weight excluding hydrogens is 422 g/mol. The number of benzene rings is 2. The van der Waals surface area contributed by atoms with Gasteiger partial charge in [-0.25, -0.2) is 4.79 Å². The van der Waals surface area contributed by atoms with E-state index in [9.17, 15) is 24.5 Å². The van der Waals surface area contributed by atoms with Crippen LogP contribution in [0.2, 0.25) is 0 Å². The van der Waals surface area contributed by atoms with Crippen molar-refractivity contribution < 1.29 is 24.0 Å². The summed E-state index contributed by atoms with van der Waals surface area (Å²) in [7, 11) is 0. The summed E-state index contributed by atoms with van der Waals surface area (Å²) in [5.74, 6) is -1.71. The summed E-state index contributed by atoms with van der Waals surface area (Å²) in [6.07, 6.45) is 0. The molecule has 0 saturated carbocycles. The highest BCUT2D eigenvalue weighted by Crippen LogP contribution is 2.27.